The van der Waals surface area contributed by atoms with Gasteiger partial charge in [-0.05, 0) is 36.8 Å². The lowest BCUT2D eigenvalue weighted by Crippen LogP contribution is -2.30. The number of amides is 1. The maximum absolute atomic E-state index is 12.4. The summed E-state index contributed by atoms with van der Waals surface area (Å²) in [6.07, 6.45) is 5.71. The van der Waals surface area contributed by atoms with Crippen LogP contribution in [0.25, 0.3) is 0 Å². The first-order valence-electron chi connectivity index (χ1n) is 9.43. The van der Waals surface area contributed by atoms with E-state index in [1.165, 1.54) is 16.0 Å². The van der Waals surface area contributed by atoms with Crippen LogP contribution in [0.4, 0.5) is 5.13 Å². The molecule has 3 aromatic rings. The van der Waals surface area contributed by atoms with Crippen molar-refractivity contribution in [1.29, 1.82) is 0 Å². The summed E-state index contributed by atoms with van der Waals surface area (Å²) in [7, 11) is 0. The van der Waals surface area contributed by atoms with Crippen molar-refractivity contribution in [2.24, 2.45) is 0 Å². The molecule has 0 saturated carbocycles. The number of rotatable bonds is 5. The van der Waals surface area contributed by atoms with Crippen LogP contribution in [0.2, 0.25) is 0 Å². The number of nitrogens with one attached hydrogen (secondary N) is 1. The van der Waals surface area contributed by atoms with Crippen molar-refractivity contribution in [3.8, 4) is 0 Å². The SMILES string of the molecule is O=C(Cn1nc2c(cc1=O)CCCCC2)Nc1nnc(Cc2ccccc2)s1. The topological polar surface area (TPSA) is 89.8 Å². The molecule has 4 rings (SSSR count). The molecule has 8 heteroatoms. The molecule has 1 aromatic carbocycles. The minimum Gasteiger partial charge on any atom is -0.299 e. The van der Waals surface area contributed by atoms with Gasteiger partial charge >= 0.3 is 0 Å². The standard InChI is InChI=1S/C20H21N5O2S/c26-17(13-25-19(27)12-15-9-5-2-6-10-16(15)24-25)21-20-23-22-18(28-20)11-14-7-3-1-4-8-14/h1,3-4,7-8,12H,2,5-6,9-11,13H2,(H,21,23,26). The van der Waals surface area contributed by atoms with E-state index in [1.807, 2.05) is 30.3 Å². The van der Waals surface area contributed by atoms with Crippen molar-refractivity contribution in [1.82, 2.24) is 20.0 Å². The van der Waals surface area contributed by atoms with Crippen LogP contribution in [-0.2, 0) is 30.6 Å². The molecule has 0 bridgehead atoms. The molecule has 0 saturated heterocycles. The van der Waals surface area contributed by atoms with E-state index in [4.69, 9.17) is 0 Å². The zero-order valence-electron chi connectivity index (χ0n) is 15.4. The van der Waals surface area contributed by atoms with Crippen molar-refractivity contribution in [2.75, 3.05) is 5.32 Å². The zero-order chi connectivity index (χ0) is 19.3. The fourth-order valence-corrected chi connectivity index (χ4v) is 4.12. The molecular formula is C20H21N5O2S. The Hall–Kier alpha value is -2.87. The second-order valence-electron chi connectivity index (χ2n) is 6.88. The quantitative estimate of drug-likeness (QED) is 0.671. The molecule has 1 aliphatic carbocycles. The van der Waals surface area contributed by atoms with E-state index in [-0.39, 0.29) is 18.0 Å². The summed E-state index contributed by atoms with van der Waals surface area (Å²) in [6.45, 7) is -0.125. The number of aryl methyl sites for hydroxylation is 2. The highest BCUT2D eigenvalue weighted by Gasteiger charge is 2.15. The summed E-state index contributed by atoms with van der Waals surface area (Å²) in [5, 5.41) is 16.6. The Labute approximate surface area is 166 Å². The minimum atomic E-state index is -0.328. The molecule has 0 aliphatic heterocycles. The first kappa shape index (κ1) is 18.5. The lowest BCUT2D eigenvalue weighted by molar-refractivity contribution is -0.117. The minimum absolute atomic E-state index is 0.125. The molecule has 0 fully saturated rings. The molecular weight excluding hydrogens is 374 g/mol. The van der Waals surface area contributed by atoms with E-state index in [0.29, 0.717) is 11.6 Å². The number of nitrogens with zero attached hydrogens (tertiary/aromatic N) is 4. The molecule has 28 heavy (non-hydrogen) atoms. The Morgan fingerprint density at radius 3 is 2.79 bits per heavy atom. The van der Waals surface area contributed by atoms with E-state index >= 15 is 0 Å². The molecule has 0 unspecified atom stereocenters. The number of aromatic nitrogens is 4. The first-order chi connectivity index (χ1) is 13.7. The zero-order valence-corrected chi connectivity index (χ0v) is 16.2. The third kappa shape index (κ3) is 4.51. The van der Waals surface area contributed by atoms with Gasteiger partial charge in [-0.15, -0.1) is 10.2 Å². The molecule has 7 nitrogen and oxygen atoms in total. The monoisotopic (exact) mass is 395 g/mol. The van der Waals surface area contributed by atoms with Crippen LogP contribution in [0.5, 0.6) is 0 Å². The van der Waals surface area contributed by atoms with E-state index in [0.717, 1.165) is 53.9 Å². The van der Waals surface area contributed by atoms with E-state index < -0.39 is 0 Å². The van der Waals surface area contributed by atoms with Gasteiger partial charge in [0.1, 0.15) is 11.6 Å². The van der Waals surface area contributed by atoms with Crippen LogP contribution < -0.4 is 10.9 Å². The van der Waals surface area contributed by atoms with Crippen molar-refractivity contribution in [3.05, 3.63) is 68.6 Å². The Balaban J connectivity index is 1.41. The second kappa shape index (κ2) is 8.43. The highest BCUT2D eigenvalue weighted by atomic mass is 32.1. The van der Waals surface area contributed by atoms with Gasteiger partial charge in [-0.2, -0.15) is 5.10 Å². The lowest BCUT2D eigenvalue weighted by Gasteiger charge is -2.09. The molecule has 1 N–H and O–H groups in total. The summed E-state index contributed by atoms with van der Waals surface area (Å²) < 4.78 is 1.24. The predicted molar refractivity (Wildman–Crippen MR) is 108 cm³/mol. The summed E-state index contributed by atoms with van der Waals surface area (Å²) >= 11 is 1.33. The van der Waals surface area contributed by atoms with Crippen LogP contribution in [0.3, 0.4) is 0 Å². The lowest BCUT2D eigenvalue weighted by atomic mass is 10.1. The summed E-state index contributed by atoms with van der Waals surface area (Å²) in [4.78, 5) is 24.7. The van der Waals surface area contributed by atoms with Crippen LogP contribution in [-0.4, -0.2) is 25.9 Å². The second-order valence-corrected chi connectivity index (χ2v) is 7.95. The van der Waals surface area contributed by atoms with Gasteiger partial charge in [-0.3, -0.25) is 14.9 Å². The first-order valence-corrected chi connectivity index (χ1v) is 10.2. The van der Waals surface area contributed by atoms with Gasteiger partial charge in [0.2, 0.25) is 11.0 Å². The van der Waals surface area contributed by atoms with E-state index in [9.17, 15) is 9.59 Å². The van der Waals surface area contributed by atoms with Crippen LogP contribution in [0.1, 0.15) is 41.1 Å². The number of carbonyl (C=O) groups excluding carboxylic acids is 1. The Kier molecular flexibility index (Phi) is 5.57. The smallest absolute Gasteiger partial charge is 0.267 e. The number of carbonyl (C=O) groups is 1. The third-order valence-electron chi connectivity index (χ3n) is 4.73. The number of hydrogen-bond acceptors (Lipinski definition) is 6. The van der Waals surface area contributed by atoms with Gasteiger partial charge in [0.05, 0.1) is 5.69 Å². The predicted octanol–water partition coefficient (Wildman–Crippen LogP) is 2.59. The molecule has 2 aromatic heterocycles. The van der Waals surface area contributed by atoms with Gasteiger partial charge in [-0.25, -0.2) is 4.68 Å². The molecule has 1 aliphatic rings. The average Bonchev–Trinajstić information content (AvgIpc) is 2.98. The van der Waals surface area contributed by atoms with Crippen LogP contribution in [0, 0.1) is 0 Å². The largest absolute Gasteiger partial charge is 0.299 e. The summed E-state index contributed by atoms with van der Waals surface area (Å²) in [5.41, 5.74) is 2.86. The average molecular weight is 395 g/mol. The summed E-state index contributed by atoms with van der Waals surface area (Å²) in [5.74, 6) is -0.328. The maximum Gasteiger partial charge on any atom is 0.267 e. The Morgan fingerprint density at radius 2 is 1.93 bits per heavy atom. The highest BCUT2D eigenvalue weighted by Crippen LogP contribution is 2.19. The van der Waals surface area contributed by atoms with Gasteiger partial charge in [0, 0.05) is 12.5 Å². The maximum atomic E-state index is 12.4. The fourth-order valence-electron chi connectivity index (χ4n) is 3.33. The summed E-state index contributed by atoms with van der Waals surface area (Å²) in [6, 6.07) is 11.6. The Bertz CT molecular complexity index is 1030. The van der Waals surface area contributed by atoms with Crippen molar-refractivity contribution >= 4 is 22.4 Å². The van der Waals surface area contributed by atoms with Gasteiger partial charge in [-0.1, -0.05) is 48.1 Å². The van der Waals surface area contributed by atoms with Crippen LogP contribution >= 0.6 is 11.3 Å². The molecule has 0 atom stereocenters. The fraction of sp³-hybridized carbons (Fsp3) is 0.350. The Morgan fingerprint density at radius 1 is 1.11 bits per heavy atom. The van der Waals surface area contributed by atoms with Crippen molar-refractivity contribution < 1.29 is 4.79 Å². The normalized spacial score (nSPS) is 13.6. The molecule has 0 spiro atoms. The van der Waals surface area contributed by atoms with Gasteiger partial charge in [0.25, 0.3) is 5.56 Å². The van der Waals surface area contributed by atoms with Crippen molar-refractivity contribution in [2.45, 2.75) is 45.1 Å². The van der Waals surface area contributed by atoms with E-state index in [2.05, 4.69) is 20.6 Å². The molecule has 1 amide bonds. The number of anilines is 1. The van der Waals surface area contributed by atoms with Gasteiger partial charge in [0.15, 0.2) is 0 Å². The van der Waals surface area contributed by atoms with E-state index in [1.54, 1.807) is 6.07 Å². The molecule has 0 radical (unpaired) electrons. The van der Waals surface area contributed by atoms with Crippen molar-refractivity contribution in [3.63, 3.8) is 0 Å². The number of hydrogen-bond donors (Lipinski definition) is 1. The molecule has 144 valence electrons. The molecule has 2 heterocycles. The van der Waals surface area contributed by atoms with Gasteiger partial charge < -0.3 is 0 Å². The highest BCUT2D eigenvalue weighted by molar-refractivity contribution is 7.15. The number of fused-ring (bicyclic) bond motifs is 1. The third-order valence-corrected chi connectivity index (χ3v) is 5.57. The number of benzene rings is 1. The van der Waals surface area contributed by atoms with Crippen LogP contribution in [0.15, 0.2) is 41.2 Å².